The summed E-state index contributed by atoms with van der Waals surface area (Å²) in [4.78, 5) is 17.2. The fourth-order valence-corrected chi connectivity index (χ4v) is 3.53. The van der Waals surface area contributed by atoms with Gasteiger partial charge in [0.1, 0.15) is 22.7 Å². The van der Waals surface area contributed by atoms with E-state index >= 15 is 0 Å². The second kappa shape index (κ2) is 8.38. The molecule has 0 bridgehead atoms. The van der Waals surface area contributed by atoms with Gasteiger partial charge in [-0.1, -0.05) is 13.8 Å². The first kappa shape index (κ1) is 22.0. The third-order valence-corrected chi connectivity index (χ3v) is 5.74. The molecule has 2 aromatic heterocycles. The Bertz CT molecular complexity index is 1160. The number of imidazole rings is 1. The quantitative estimate of drug-likeness (QED) is 0.552. The molecule has 0 unspecified atom stereocenters. The molecule has 1 aliphatic carbocycles. The standard InChI is InChI=1S/C23H26F2N4O3/c1-23(2,12-26)14-6-7-29-16(11-27-19(29)10-14)13-8-17(31-3)20(18(9-13)32-22(24)25)21(30)28-15-4-5-15/h6-11,15,22H,4-5,12,26H2,1-3H3,(H,28,30). The molecular weight excluding hydrogens is 418 g/mol. The van der Waals surface area contributed by atoms with Gasteiger partial charge in [-0.15, -0.1) is 0 Å². The van der Waals surface area contributed by atoms with Gasteiger partial charge in [-0.25, -0.2) is 4.98 Å². The Kier molecular flexibility index (Phi) is 5.77. The molecule has 0 spiro atoms. The minimum Gasteiger partial charge on any atom is -0.496 e. The lowest BCUT2D eigenvalue weighted by atomic mass is 9.85. The highest BCUT2D eigenvalue weighted by molar-refractivity contribution is 6.01. The number of hydrogen-bond acceptors (Lipinski definition) is 5. The van der Waals surface area contributed by atoms with E-state index in [0.717, 1.165) is 18.4 Å². The molecule has 1 fully saturated rings. The van der Waals surface area contributed by atoms with Gasteiger partial charge in [0.05, 0.1) is 19.0 Å². The maximum Gasteiger partial charge on any atom is 0.387 e. The lowest BCUT2D eigenvalue weighted by molar-refractivity contribution is -0.0502. The molecule has 9 heteroatoms. The van der Waals surface area contributed by atoms with Gasteiger partial charge in [-0.2, -0.15) is 8.78 Å². The zero-order valence-corrected chi connectivity index (χ0v) is 18.2. The van der Waals surface area contributed by atoms with Crippen molar-refractivity contribution in [2.24, 2.45) is 5.73 Å². The van der Waals surface area contributed by atoms with Gasteiger partial charge in [-0.3, -0.25) is 9.20 Å². The molecule has 3 aromatic rings. The van der Waals surface area contributed by atoms with Gasteiger partial charge in [-0.05, 0) is 42.7 Å². The number of alkyl halides is 2. The summed E-state index contributed by atoms with van der Waals surface area (Å²) in [6.45, 7) is 1.48. The lowest BCUT2D eigenvalue weighted by Gasteiger charge is -2.23. The van der Waals surface area contributed by atoms with E-state index in [1.165, 1.54) is 13.2 Å². The predicted octanol–water partition coefficient (Wildman–Crippen LogP) is 3.74. The minimum atomic E-state index is -3.09. The van der Waals surface area contributed by atoms with E-state index in [-0.39, 0.29) is 28.5 Å². The number of pyridine rings is 1. The van der Waals surface area contributed by atoms with E-state index in [1.807, 2.05) is 36.6 Å². The molecule has 7 nitrogen and oxygen atoms in total. The van der Waals surface area contributed by atoms with Crippen molar-refractivity contribution in [3.8, 4) is 22.8 Å². The Morgan fingerprint density at radius 1 is 1.31 bits per heavy atom. The van der Waals surface area contributed by atoms with Crippen LogP contribution in [-0.4, -0.2) is 41.6 Å². The van der Waals surface area contributed by atoms with Crippen LogP contribution in [0.15, 0.2) is 36.7 Å². The molecule has 32 heavy (non-hydrogen) atoms. The number of nitrogens with one attached hydrogen (secondary N) is 1. The Hall–Kier alpha value is -3.20. The summed E-state index contributed by atoms with van der Waals surface area (Å²) in [5.74, 6) is -0.603. The molecule has 1 amide bonds. The van der Waals surface area contributed by atoms with Crippen molar-refractivity contribution >= 4 is 11.6 Å². The predicted molar refractivity (Wildman–Crippen MR) is 116 cm³/mol. The molecular formula is C23H26F2N4O3. The molecule has 1 saturated carbocycles. The summed E-state index contributed by atoms with van der Waals surface area (Å²) in [5, 5.41) is 2.80. The van der Waals surface area contributed by atoms with Crippen LogP contribution in [0.5, 0.6) is 11.5 Å². The number of nitrogens with two attached hydrogens (primary N) is 1. The van der Waals surface area contributed by atoms with Crippen LogP contribution < -0.4 is 20.5 Å². The van der Waals surface area contributed by atoms with Crippen molar-refractivity contribution in [2.45, 2.75) is 44.8 Å². The van der Waals surface area contributed by atoms with Crippen LogP contribution in [-0.2, 0) is 5.41 Å². The summed E-state index contributed by atoms with van der Waals surface area (Å²) in [6.07, 6.45) is 5.22. The Morgan fingerprint density at radius 2 is 2.03 bits per heavy atom. The van der Waals surface area contributed by atoms with Crippen molar-refractivity contribution in [3.63, 3.8) is 0 Å². The third-order valence-electron chi connectivity index (χ3n) is 5.74. The smallest absolute Gasteiger partial charge is 0.387 e. The second-order valence-corrected chi connectivity index (χ2v) is 8.55. The van der Waals surface area contributed by atoms with Crippen LogP contribution in [0.25, 0.3) is 16.9 Å². The van der Waals surface area contributed by atoms with Gasteiger partial charge < -0.3 is 20.5 Å². The zero-order chi connectivity index (χ0) is 23.0. The molecule has 0 radical (unpaired) electrons. The number of aromatic nitrogens is 2. The maximum absolute atomic E-state index is 13.2. The van der Waals surface area contributed by atoms with E-state index in [4.69, 9.17) is 15.2 Å². The normalized spacial score (nSPS) is 14.1. The highest BCUT2D eigenvalue weighted by atomic mass is 19.3. The average Bonchev–Trinajstić information content (AvgIpc) is 3.47. The number of ether oxygens (including phenoxy) is 2. The van der Waals surface area contributed by atoms with Crippen molar-refractivity contribution < 1.29 is 23.0 Å². The monoisotopic (exact) mass is 444 g/mol. The molecule has 3 N–H and O–H groups in total. The first-order chi connectivity index (χ1) is 15.2. The van der Waals surface area contributed by atoms with Crippen molar-refractivity contribution in [1.29, 1.82) is 0 Å². The fourth-order valence-electron chi connectivity index (χ4n) is 3.53. The van der Waals surface area contributed by atoms with Crippen LogP contribution in [0.1, 0.15) is 42.6 Å². The Morgan fingerprint density at radius 3 is 2.66 bits per heavy atom. The number of rotatable bonds is 8. The second-order valence-electron chi connectivity index (χ2n) is 8.55. The first-order valence-electron chi connectivity index (χ1n) is 10.4. The van der Waals surface area contributed by atoms with Crippen LogP contribution in [0.4, 0.5) is 8.78 Å². The maximum atomic E-state index is 13.2. The van der Waals surface area contributed by atoms with Gasteiger partial charge in [0.25, 0.3) is 5.91 Å². The van der Waals surface area contributed by atoms with Gasteiger partial charge >= 0.3 is 6.61 Å². The topological polar surface area (TPSA) is 90.9 Å². The van der Waals surface area contributed by atoms with Crippen LogP contribution >= 0.6 is 0 Å². The van der Waals surface area contributed by atoms with E-state index in [2.05, 4.69) is 10.3 Å². The van der Waals surface area contributed by atoms with Gasteiger partial charge in [0.15, 0.2) is 0 Å². The highest BCUT2D eigenvalue weighted by Crippen LogP contribution is 2.37. The minimum absolute atomic E-state index is 0.0516. The van der Waals surface area contributed by atoms with Gasteiger partial charge in [0, 0.05) is 29.8 Å². The number of halogens is 2. The summed E-state index contributed by atoms with van der Waals surface area (Å²) in [6, 6.07) is 6.99. The van der Waals surface area contributed by atoms with Crippen molar-refractivity contribution in [1.82, 2.24) is 14.7 Å². The van der Waals surface area contributed by atoms with E-state index < -0.39 is 12.5 Å². The number of benzene rings is 1. The van der Waals surface area contributed by atoms with E-state index in [1.54, 1.807) is 12.3 Å². The number of hydrogen-bond donors (Lipinski definition) is 2. The number of fused-ring (bicyclic) bond motifs is 1. The molecule has 1 aromatic carbocycles. The molecule has 0 atom stereocenters. The molecule has 170 valence electrons. The average molecular weight is 444 g/mol. The number of nitrogens with zero attached hydrogens (tertiary/aromatic N) is 2. The lowest BCUT2D eigenvalue weighted by Crippen LogP contribution is -2.28. The van der Waals surface area contributed by atoms with Crippen molar-refractivity contribution in [2.75, 3.05) is 13.7 Å². The SMILES string of the molecule is COc1cc(-c2cnc3cc(C(C)(C)CN)ccn23)cc(OC(F)F)c1C(=O)NC1CC1. The molecule has 2 heterocycles. The van der Waals surface area contributed by atoms with Crippen LogP contribution in [0.3, 0.4) is 0 Å². The fraction of sp³-hybridized carbons (Fsp3) is 0.391. The first-order valence-corrected chi connectivity index (χ1v) is 10.4. The summed E-state index contributed by atoms with van der Waals surface area (Å²) < 4.78 is 38.3. The number of methoxy groups -OCH3 is 1. The number of carbonyl (C=O) groups excluding carboxylic acids is 1. The third kappa shape index (κ3) is 4.25. The molecule has 4 rings (SSSR count). The van der Waals surface area contributed by atoms with Crippen LogP contribution in [0, 0.1) is 0 Å². The van der Waals surface area contributed by atoms with Gasteiger partial charge in [0.2, 0.25) is 0 Å². The number of amides is 1. The van der Waals surface area contributed by atoms with E-state index in [9.17, 15) is 13.6 Å². The summed E-state index contributed by atoms with van der Waals surface area (Å²) in [5.41, 5.74) is 8.51. The summed E-state index contributed by atoms with van der Waals surface area (Å²) in [7, 11) is 1.38. The zero-order valence-electron chi connectivity index (χ0n) is 18.2. The molecule has 1 aliphatic rings. The summed E-state index contributed by atoms with van der Waals surface area (Å²) >= 11 is 0. The van der Waals surface area contributed by atoms with Crippen molar-refractivity contribution in [3.05, 3.63) is 47.8 Å². The highest BCUT2D eigenvalue weighted by Gasteiger charge is 2.29. The van der Waals surface area contributed by atoms with E-state index in [0.29, 0.717) is 23.4 Å². The Labute approximate surface area is 184 Å². The Balaban J connectivity index is 1.81. The van der Waals surface area contributed by atoms with Crippen LogP contribution in [0.2, 0.25) is 0 Å². The number of carbonyl (C=O) groups is 1. The molecule has 0 aliphatic heterocycles. The molecule has 0 saturated heterocycles. The largest absolute Gasteiger partial charge is 0.496 e.